The highest BCUT2D eigenvalue weighted by Crippen LogP contribution is 2.47. The predicted molar refractivity (Wildman–Crippen MR) is 127 cm³/mol. The van der Waals surface area contributed by atoms with Crippen molar-refractivity contribution < 1.29 is 14.4 Å². The van der Waals surface area contributed by atoms with Gasteiger partial charge in [-0.15, -0.1) is 0 Å². The number of anilines is 2. The third kappa shape index (κ3) is 4.22. The van der Waals surface area contributed by atoms with E-state index in [0.717, 1.165) is 30.8 Å². The first-order valence-electron chi connectivity index (χ1n) is 10.7. The Morgan fingerprint density at radius 3 is 2.61 bits per heavy atom. The number of rotatable bonds is 3. The lowest BCUT2D eigenvalue weighted by atomic mass is 9.81. The van der Waals surface area contributed by atoms with Crippen molar-refractivity contribution in [2.45, 2.75) is 18.3 Å². The van der Waals surface area contributed by atoms with Gasteiger partial charge in [0.2, 0.25) is 5.91 Å². The summed E-state index contributed by atoms with van der Waals surface area (Å²) in [5.41, 5.74) is 1.26. The van der Waals surface area contributed by atoms with Crippen molar-refractivity contribution in [1.82, 2.24) is 20.1 Å². The standard InChI is InChI=1S/C21H22Cl2N6O3S/c22-13-2-3-15-14(8-13)21(12-29(15)20(32)26-18-24-9-16(23)33-18)4-7-28(11-21)19(31)25-10-17(30)27-5-1-6-27/h2-3,8-9H,1,4-7,10-12H2,(H,25,31)(H,24,26,32). The van der Waals surface area contributed by atoms with Crippen molar-refractivity contribution in [3.8, 4) is 0 Å². The Morgan fingerprint density at radius 1 is 1.09 bits per heavy atom. The first-order valence-corrected chi connectivity index (χ1v) is 12.2. The molecule has 2 fully saturated rings. The summed E-state index contributed by atoms with van der Waals surface area (Å²) < 4.78 is 0.486. The number of carbonyl (C=O) groups is 3. The monoisotopic (exact) mass is 508 g/mol. The van der Waals surface area contributed by atoms with Gasteiger partial charge in [0.25, 0.3) is 0 Å². The van der Waals surface area contributed by atoms with E-state index in [1.165, 1.54) is 17.5 Å². The summed E-state index contributed by atoms with van der Waals surface area (Å²) in [5, 5.41) is 6.53. The number of halogens is 2. The lowest BCUT2D eigenvalue weighted by molar-refractivity contribution is -0.133. The van der Waals surface area contributed by atoms with Crippen molar-refractivity contribution in [1.29, 1.82) is 0 Å². The fourth-order valence-corrected chi connectivity index (χ4v) is 5.60. The van der Waals surface area contributed by atoms with Crippen molar-refractivity contribution in [3.05, 3.63) is 39.3 Å². The van der Waals surface area contributed by atoms with E-state index in [2.05, 4.69) is 15.6 Å². The third-order valence-electron chi connectivity index (χ3n) is 6.46. The Labute approximate surface area is 204 Å². The van der Waals surface area contributed by atoms with Gasteiger partial charge < -0.3 is 15.1 Å². The number of carbonyl (C=O) groups excluding carboxylic acids is 3. The molecule has 0 bridgehead atoms. The van der Waals surface area contributed by atoms with E-state index >= 15 is 0 Å². The second-order valence-corrected chi connectivity index (χ2v) is 10.6. The molecule has 1 unspecified atom stereocenters. The molecule has 3 aliphatic heterocycles. The molecule has 1 aromatic carbocycles. The van der Waals surface area contributed by atoms with Crippen LogP contribution in [-0.2, 0) is 10.2 Å². The Bertz CT molecular complexity index is 1120. The number of amides is 5. The Kier molecular flexibility index (Phi) is 5.84. The number of nitrogens with zero attached hydrogens (tertiary/aromatic N) is 4. The van der Waals surface area contributed by atoms with Gasteiger partial charge in [-0.3, -0.25) is 15.0 Å². The summed E-state index contributed by atoms with van der Waals surface area (Å²) in [7, 11) is 0. The Hall–Kier alpha value is -2.56. The van der Waals surface area contributed by atoms with E-state index in [0.29, 0.717) is 40.5 Å². The normalized spacial score (nSPS) is 21.2. The molecule has 0 radical (unpaired) electrons. The zero-order chi connectivity index (χ0) is 23.2. The van der Waals surface area contributed by atoms with Gasteiger partial charge >= 0.3 is 12.1 Å². The molecule has 1 atom stereocenters. The maximum atomic E-state index is 13.1. The molecule has 2 N–H and O–H groups in total. The molecule has 0 saturated carbocycles. The zero-order valence-corrected chi connectivity index (χ0v) is 20.0. The maximum absolute atomic E-state index is 13.1. The highest BCUT2D eigenvalue weighted by atomic mass is 35.5. The second kappa shape index (κ2) is 8.66. The lowest BCUT2D eigenvalue weighted by Gasteiger charge is -2.31. The minimum atomic E-state index is -0.434. The van der Waals surface area contributed by atoms with Crippen LogP contribution in [0.5, 0.6) is 0 Å². The molecule has 1 spiro atoms. The zero-order valence-electron chi connectivity index (χ0n) is 17.6. The first kappa shape index (κ1) is 22.2. The van der Waals surface area contributed by atoms with Gasteiger partial charge in [-0.25, -0.2) is 14.6 Å². The summed E-state index contributed by atoms with van der Waals surface area (Å²) >= 11 is 13.4. The van der Waals surface area contributed by atoms with Crippen LogP contribution in [0.25, 0.3) is 0 Å². The van der Waals surface area contributed by atoms with E-state index < -0.39 is 5.41 Å². The van der Waals surface area contributed by atoms with E-state index in [1.54, 1.807) is 20.8 Å². The van der Waals surface area contributed by atoms with Crippen LogP contribution in [0.2, 0.25) is 9.36 Å². The largest absolute Gasteiger partial charge is 0.341 e. The SMILES string of the molecule is O=C(CNC(=O)N1CCC2(C1)CN(C(=O)Nc1ncc(Cl)s1)c1ccc(Cl)cc12)N1CCC1. The average Bonchev–Trinajstić information content (AvgIpc) is 3.44. The van der Waals surface area contributed by atoms with Crippen LogP contribution < -0.4 is 15.5 Å². The average molecular weight is 509 g/mol. The van der Waals surface area contributed by atoms with Gasteiger partial charge in [0.15, 0.2) is 5.13 Å². The number of likely N-dealkylation sites (tertiary alicyclic amines) is 2. The van der Waals surface area contributed by atoms with Crippen LogP contribution in [0.3, 0.4) is 0 Å². The molecular weight excluding hydrogens is 487 g/mol. The van der Waals surface area contributed by atoms with Gasteiger partial charge in [-0.1, -0.05) is 34.5 Å². The topological polar surface area (TPSA) is 97.9 Å². The number of nitrogens with one attached hydrogen (secondary N) is 2. The first-order chi connectivity index (χ1) is 15.8. The number of thiazole rings is 1. The number of hydrogen-bond acceptors (Lipinski definition) is 5. The van der Waals surface area contributed by atoms with Gasteiger partial charge in [-0.2, -0.15) is 0 Å². The molecule has 33 heavy (non-hydrogen) atoms. The van der Waals surface area contributed by atoms with Crippen LogP contribution >= 0.6 is 34.5 Å². The van der Waals surface area contributed by atoms with Crippen LogP contribution in [0, 0.1) is 0 Å². The molecule has 12 heteroatoms. The van der Waals surface area contributed by atoms with Gasteiger partial charge in [0.05, 0.1) is 12.7 Å². The van der Waals surface area contributed by atoms with Crippen LogP contribution in [-0.4, -0.2) is 72.0 Å². The smallest absolute Gasteiger partial charge is 0.328 e. The van der Waals surface area contributed by atoms with Crippen molar-refractivity contribution in [2.75, 3.05) is 49.5 Å². The molecule has 174 valence electrons. The molecule has 9 nitrogen and oxygen atoms in total. The minimum Gasteiger partial charge on any atom is -0.341 e. The molecule has 3 aliphatic rings. The van der Waals surface area contributed by atoms with Crippen molar-refractivity contribution >= 4 is 63.3 Å². The maximum Gasteiger partial charge on any atom is 0.328 e. The second-order valence-electron chi connectivity index (χ2n) is 8.49. The molecule has 5 amide bonds. The molecule has 0 aliphatic carbocycles. The summed E-state index contributed by atoms with van der Waals surface area (Å²) in [6.07, 6.45) is 3.18. The van der Waals surface area contributed by atoms with Crippen LogP contribution in [0.15, 0.2) is 24.4 Å². The number of fused-ring (bicyclic) bond motifs is 2. The minimum absolute atomic E-state index is 0.00431. The van der Waals surface area contributed by atoms with Gasteiger partial charge in [-0.05, 0) is 36.6 Å². The van der Waals surface area contributed by atoms with E-state index in [4.69, 9.17) is 23.2 Å². The summed E-state index contributed by atoms with van der Waals surface area (Å²) in [4.78, 5) is 47.1. The number of benzene rings is 1. The predicted octanol–water partition coefficient (Wildman–Crippen LogP) is 3.39. The number of aromatic nitrogens is 1. The highest BCUT2D eigenvalue weighted by Gasteiger charge is 2.50. The molecule has 4 heterocycles. The summed E-state index contributed by atoms with van der Waals surface area (Å²) in [5.74, 6) is -0.0633. The Morgan fingerprint density at radius 2 is 1.91 bits per heavy atom. The fourth-order valence-electron chi connectivity index (χ4n) is 4.63. The third-order valence-corrected chi connectivity index (χ3v) is 7.72. The fraction of sp³-hybridized carbons (Fsp3) is 0.429. The molecule has 1 aromatic heterocycles. The number of urea groups is 2. The summed E-state index contributed by atoms with van der Waals surface area (Å²) in [6.45, 7) is 2.86. The van der Waals surface area contributed by atoms with E-state index in [-0.39, 0.29) is 24.5 Å². The van der Waals surface area contributed by atoms with E-state index in [9.17, 15) is 14.4 Å². The highest BCUT2D eigenvalue weighted by molar-refractivity contribution is 7.19. The van der Waals surface area contributed by atoms with Crippen molar-refractivity contribution in [2.24, 2.45) is 0 Å². The lowest BCUT2D eigenvalue weighted by Crippen LogP contribution is -2.49. The van der Waals surface area contributed by atoms with Crippen LogP contribution in [0.4, 0.5) is 20.4 Å². The summed E-state index contributed by atoms with van der Waals surface area (Å²) in [6, 6.07) is 4.86. The molecule has 2 saturated heterocycles. The molecule has 2 aromatic rings. The Balaban J connectivity index is 1.30. The van der Waals surface area contributed by atoms with Crippen LogP contribution in [0.1, 0.15) is 18.4 Å². The van der Waals surface area contributed by atoms with Gasteiger partial charge in [0.1, 0.15) is 4.34 Å². The molecular formula is C21H22Cl2N6O3S. The number of hydrogen-bond donors (Lipinski definition) is 2. The van der Waals surface area contributed by atoms with Gasteiger partial charge in [0, 0.05) is 48.8 Å². The molecule has 5 rings (SSSR count). The quantitative estimate of drug-likeness (QED) is 0.663. The van der Waals surface area contributed by atoms with Crippen molar-refractivity contribution in [3.63, 3.8) is 0 Å². The van der Waals surface area contributed by atoms with E-state index in [1.807, 2.05) is 12.1 Å².